The number of hydrogen-bond acceptors (Lipinski definition) is 3. The second-order valence-corrected chi connectivity index (χ2v) is 4.72. The van der Waals surface area contributed by atoms with Crippen LogP contribution in [0.15, 0.2) is 18.2 Å². The maximum Gasteiger partial charge on any atom is 0.306 e. The van der Waals surface area contributed by atoms with Crippen molar-refractivity contribution in [1.29, 1.82) is 0 Å². The van der Waals surface area contributed by atoms with Gasteiger partial charge in [0.25, 0.3) is 5.91 Å². The van der Waals surface area contributed by atoms with Gasteiger partial charge in [-0.15, -0.1) is 0 Å². The van der Waals surface area contributed by atoms with Gasteiger partial charge in [0, 0.05) is 13.1 Å². The van der Waals surface area contributed by atoms with Crippen molar-refractivity contribution in [3.8, 4) is 5.75 Å². The number of nitrogens with zero attached hydrogens (tertiary/aromatic N) is 1. The number of carboxylic acid groups (broad SMARTS) is 1. The second kappa shape index (κ2) is 5.90. The second-order valence-electron chi connectivity index (χ2n) is 4.72. The molecule has 1 amide bonds. The first-order chi connectivity index (χ1) is 9.54. The van der Waals surface area contributed by atoms with Crippen molar-refractivity contribution >= 4 is 11.9 Å². The van der Waals surface area contributed by atoms with E-state index < -0.39 is 23.6 Å². The molecule has 2 rings (SSSR count). The van der Waals surface area contributed by atoms with Gasteiger partial charge in [-0.05, 0) is 25.0 Å². The number of methoxy groups -OCH3 is 1. The molecule has 0 bridgehead atoms. The van der Waals surface area contributed by atoms with Crippen LogP contribution in [0.25, 0.3) is 0 Å². The van der Waals surface area contributed by atoms with E-state index in [1.54, 1.807) is 0 Å². The molecule has 5 nitrogen and oxygen atoms in total. The van der Waals surface area contributed by atoms with Crippen molar-refractivity contribution in [1.82, 2.24) is 4.90 Å². The molecular formula is C14H16FNO4. The average Bonchev–Trinajstić information content (AvgIpc) is 2.46. The standard InChI is InChI=1S/C14H16FNO4/c1-20-11-4-2-3-10(15)12(11)13(17)16-7-5-9(6-8-16)14(18)19/h2-4,9H,5-8H2,1H3,(H,18,19). The highest BCUT2D eigenvalue weighted by Crippen LogP contribution is 2.25. The summed E-state index contributed by atoms with van der Waals surface area (Å²) < 4.78 is 18.8. The molecule has 0 radical (unpaired) electrons. The number of carboxylic acids is 1. The Balaban J connectivity index is 2.15. The SMILES string of the molecule is COc1cccc(F)c1C(=O)N1CCC(C(=O)O)CC1. The van der Waals surface area contributed by atoms with E-state index in [1.807, 2.05) is 0 Å². The topological polar surface area (TPSA) is 66.8 Å². The Hall–Kier alpha value is -2.11. The first-order valence-corrected chi connectivity index (χ1v) is 6.39. The van der Waals surface area contributed by atoms with Crippen LogP contribution in [0.5, 0.6) is 5.75 Å². The Bertz CT molecular complexity index is 524. The number of aliphatic carboxylic acids is 1. The fourth-order valence-corrected chi connectivity index (χ4v) is 2.37. The van der Waals surface area contributed by atoms with Crippen LogP contribution in [0.3, 0.4) is 0 Å². The Labute approximate surface area is 116 Å². The van der Waals surface area contributed by atoms with E-state index in [0.29, 0.717) is 25.9 Å². The summed E-state index contributed by atoms with van der Waals surface area (Å²) in [7, 11) is 1.38. The minimum atomic E-state index is -0.847. The fourth-order valence-electron chi connectivity index (χ4n) is 2.37. The summed E-state index contributed by atoms with van der Waals surface area (Å²) in [5, 5.41) is 8.92. The molecule has 1 aromatic rings. The predicted octanol–water partition coefficient (Wildman–Crippen LogP) is 1.77. The molecule has 1 heterocycles. The lowest BCUT2D eigenvalue weighted by molar-refractivity contribution is -0.143. The third kappa shape index (κ3) is 2.74. The Morgan fingerprint density at radius 3 is 2.55 bits per heavy atom. The number of rotatable bonds is 3. The lowest BCUT2D eigenvalue weighted by Crippen LogP contribution is -2.40. The van der Waals surface area contributed by atoms with Crippen LogP contribution in [-0.2, 0) is 4.79 Å². The molecular weight excluding hydrogens is 265 g/mol. The molecule has 0 aliphatic carbocycles. The molecule has 6 heteroatoms. The van der Waals surface area contributed by atoms with Crippen LogP contribution in [0, 0.1) is 11.7 Å². The zero-order valence-electron chi connectivity index (χ0n) is 11.1. The highest BCUT2D eigenvalue weighted by molar-refractivity contribution is 5.97. The maximum atomic E-state index is 13.8. The fraction of sp³-hybridized carbons (Fsp3) is 0.429. The summed E-state index contributed by atoms with van der Waals surface area (Å²) in [6.07, 6.45) is 0.773. The lowest BCUT2D eigenvalue weighted by atomic mass is 9.96. The number of ether oxygens (including phenoxy) is 1. The first kappa shape index (κ1) is 14.3. The molecule has 1 aliphatic heterocycles. The van der Waals surface area contributed by atoms with Gasteiger partial charge in [-0.1, -0.05) is 6.07 Å². The normalized spacial score (nSPS) is 16.0. The van der Waals surface area contributed by atoms with Gasteiger partial charge in [-0.25, -0.2) is 4.39 Å². The Morgan fingerprint density at radius 2 is 2.00 bits per heavy atom. The van der Waals surface area contributed by atoms with Crippen molar-refractivity contribution < 1.29 is 23.8 Å². The van der Waals surface area contributed by atoms with E-state index in [9.17, 15) is 14.0 Å². The highest BCUT2D eigenvalue weighted by atomic mass is 19.1. The van der Waals surface area contributed by atoms with Gasteiger partial charge >= 0.3 is 5.97 Å². The molecule has 0 saturated carbocycles. The van der Waals surface area contributed by atoms with Gasteiger partial charge < -0.3 is 14.7 Å². The van der Waals surface area contributed by atoms with E-state index >= 15 is 0 Å². The van der Waals surface area contributed by atoms with Crippen molar-refractivity contribution in [3.63, 3.8) is 0 Å². The number of piperidine rings is 1. The van der Waals surface area contributed by atoms with E-state index in [4.69, 9.17) is 9.84 Å². The molecule has 0 spiro atoms. The van der Waals surface area contributed by atoms with Crippen LogP contribution >= 0.6 is 0 Å². The van der Waals surface area contributed by atoms with Crippen molar-refractivity contribution in [2.75, 3.05) is 20.2 Å². The minimum Gasteiger partial charge on any atom is -0.496 e. The summed E-state index contributed by atoms with van der Waals surface area (Å²) in [6.45, 7) is 0.626. The van der Waals surface area contributed by atoms with Crippen molar-refractivity contribution in [2.24, 2.45) is 5.92 Å². The monoisotopic (exact) mass is 281 g/mol. The number of halogens is 1. The zero-order chi connectivity index (χ0) is 14.7. The quantitative estimate of drug-likeness (QED) is 0.917. The lowest BCUT2D eigenvalue weighted by Gasteiger charge is -2.30. The van der Waals surface area contributed by atoms with Gasteiger partial charge in [0.2, 0.25) is 0 Å². The number of amides is 1. The molecule has 1 N–H and O–H groups in total. The smallest absolute Gasteiger partial charge is 0.306 e. The molecule has 1 fully saturated rings. The number of benzene rings is 1. The molecule has 1 aromatic carbocycles. The Morgan fingerprint density at radius 1 is 1.35 bits per heavy atom. The average molecular weight is 281 g/mol. The van der Waals surface area contributed by atoms with Crippen LogP contribution in [0.1, 0.15) is 23.2 Å². The summed E-state index contributed by atoms with van der Waals surface area (Å²) in [5.41, 5.74) is -0.0937. The molecule has 0 unspecified atom stereocenters. The summed E-state index contributed by atoms with van der Waals surface area (Å²) in [4.78, 5) is 24.7. The van der Waals surface area contributed by atoms with Crippen LogP contribution in [0.2, 0.25) is 0 Å². The summed E-state index contributed by atoms with van der Waals surface area (Å²) in [5.74, 6) is -2.17. The van der Waals surface area contributed by atoms with Crippen molar-refractivity contribution in [3.05, 3.63) is 29.6 Å². The van der Waals surface area contributed by atoms with Gasteiger partial charge in [0.05, 0.1) is 13.0 Å². The molecule has 0 aromatic heterocycles. The van der Waals surface area contributed by atoms with E-state index in [-0.39, 0.29) is 11.3 Å². The molecule has 0 atom stereocenters. The van der Waals surface area contributed by atoms with E-state index in [2.05, 4.69) is 0 Å². The number of carbonyl (C=O) groups excluding carboxylic acids is 1. The van der Waals surface area contributed by atoms with Gasteiger partial charge in [0.1, 0.15) is 17.1 Å². The minimum absolute atomic E-state index is 0.0937. The highest BCUT2D eigenvalue weighted by Gasteiger charge is 2.30. The largest absolute Gasteiger partial charge is 0.496 e. The zero-order valence-corrected chi connectivity index (χ0v) is 11.1. The van der Waals surface area contributed by atoms with Gasteiger partial charge in [-0.2, -0.15) is 0 Å². The van der Waals surface area contributed by atoms with Crippen LogP contribution < -0.4 is 4.74 Å². The summed E-state index contributed by atoms with van der Waals surface area (Å²) in [6, 6.07) is 4.21. The van der Waals surface area contributed by atoms with E-state index in [0.717, 1.165) is 0 Å². The number of carbonyl (C=O) groups is 2. The van der Waals surface area contributed by atoms with E-state index in [1.165, 1.54) is 30.2 Å². The van der Waals surface area contributed by atoms with Crippen LogP contribution in [0.4, 0.5) is 4.39 Å². The maximum absolute atomic E-state index is 13.8. The third-order valence-corrected chi connectivity index (χ3v) is 3.54. The molecule has 1 saturated heterocycles. The molecule has 1 aliphatic rings. The number of likely N-dealkylation sites (tertiary alicyclic amines) is 1. The summed E-state index contributed by atoms with van der Waals surface area (Å²) >= 11 is 0. The third-order valence-electron chi connectivity index (χ3n) is 3.54. The van der Waals surface area contributed by atoms with Gasteiger partial charge in [-0.3, -0.25) is 9.59 Å². The van der Waals surface area contributed by atoms with Gasteiger partial charge in [0.15, 0.2) is 0 Å². The van der Waals surface area contributed by atoms with Crippen molar-refractivity contribution in [2.45, 2.75) is 12.8 Å². The Kier molecular flexibility index (Phi) is 4.22. The molecule has 20 heavy (non-hydrogen) atoms. The number of hydrogen-bond donors (Lipinski definition) is 1. The predicted molar refractivity (Wildman–Crippen MR) is 69.2 cm³/mol. The van der Waals surface area contributed by atoms with Crippen LogP contribution in [-0.4, -0.2) is 42.1 Å². The molecule has 108 valence electrons. The first-order valence-electron chi connectivity index (χ1n) is 6.39.